The third-order valence-electron chi connectivity index (χ3n) is 3.46. The molecule has 0 aliphatic rings. The van der Waals surface area contributed by atoms with Crippen molar-refractivity contribution in [2.45, 2.75) is 13.8 Å². The van der Waals surface area contributed by atoms with E-state index in [1.165, 1.54) is 6.33 Å². The summed E-state index contributed by atoms with van der Waals surface area (Å²) in [5.41, 5.74) is 0.410. The zero-order chi connectivity index (χ0) is 18.2. The van der Waals surface area contributed by atoms with Gasteiger partial charge in [-0.3, -0.25) is 10.1 Å². The van der Waals surface area contributed by atoms with Crippen LogP contribution in [-0.4, -0.2) is 46.3 Å². The minimum atomic E-state index is -0.522. The molecule has 0 radical (unpaired) electrons. The molecule has 2 rings (SSSR count). The van der Waals surface area contributed by atoms with Crippen LogP contribution in [0, 0.1) is 10.1 Å². The number of aliphatic hydroxyl groups is 1. The summed E-state index contributed by atoms with van der Waals surface area (Å²) in [7, 11) is 0. The number of benzene rings is 1. The summed E-state index contributed by atoms with van der Waals surface area (Å²) in [5, 5.41) is 23.7. The van der Waals surface area contributed by atoms with Gasteiger partial charge in [0.05, 0.1) is 18.1 Å². The Labute approximate surface area is 145 Å². The number of hydrogen-bond donors (Lipinski definition) is 2. The molecule has 0 bridgehead atoms. The molecule has 0 unspecified atom stereocenters. The molecule has 0 atom stereocenters. The minimum absolute atomic E-state index is 0.0931. The molecule has 0 saturated heterocycles. The van der Waals surface area contributed by atoms with Crippen LogP contribution in [0.4, 0.5) is 23.0 Å². The van der Waals surface area contributed by atoms with Crippen LogP contribution in [0.15, 0.2) is 30.6 Å². The van der Waals surface area contributed by atoms with E-state index in [0.29, 0.717) is 24.6 Å². The van der Waals surface area contributed by atoms with Gasteiger partial charge in [-0.05, 0) is 38.1 Å². The highest BCUT2D eigenvalue weighted by molar-refractivity contribution is 5.74. The molecular weight excluding hydrogens is 326 g/mol. The maximum atomic E-state index is 11.6. The van der Waals surface area contributed by atoms with Crippen molar-refractivity contribution in [3.8, 4) is 5.75 Å². The number of nitro groups is 1. The highest BCUT2D eigenvalue weighted by Crippen LogP contribution is 2.33. The average Bonchev–Trinajstić information content (AvgIpc) is 2.61. The van der Waals surface area contributed by atoms with E-state index in [2.05, 4.69) is 15.3 Å². The van der Waals surface area contributed by atoms with Crippen LogP contribution in [0.5, 0.6) is 5.75 Å². The largest absolute Gasteiger partial charge is 0.494 e. The molecule has 1 aromatic carbocycles. The van der Waals surface area contributed by atoms with Gasteiger partial charge in [0, 0.05) is 18.8 Å². The summed E-state index contributed by atoms with van der Waals surface area (Å²) < 4.78 is 5.37. The van der Waals surface area contributed by atoms with Crippen LogP contribution >= 0.6 is 0 Å². The Morgan fingerprint density at radius 2 is 2.00 bits per heavy atom. The summed E-state index contributed by atoms with van der Waals surface area (Å²) in [6.45, 7) is 4.88. The van der Waals surface area contributed by atoms with Gasteiger partial charge in [0.15, 0.2) is 0 Å². The van der Waals surface area contributed by atoms with Gasteiger partial charge in [-0.25, -0.2) is 9.97 Å². The number of hydrogen-bond acceptors (Lipinski definition) is 8. The fourth-order valence-electron chi connectivity index (χ4n) is 2.33. The maximum Gasteiger partial charge on any atom is 0.353 e. The van der Waals surface area contributed by atoms with Gasteiger partial charge in [-0.2, -0.15) is 0 Å². The molecule has 2 N–H and O–H groups in total. The summed E-state index contributed by atoms with van der Waals surface area (Å²) >= 11 is 0. The van der Waals surface area contributed by atoms with Crippen LogP contribution in [-0.2, 0) is 0 Å². The van der Waals surface area contributed by atoms with Crippen LogP contribution in [0.1, 0.15) is 13.8 Å². The minimum Gasteiger partial charge on any atom is -0.494 e. The molecule has 0 fully saturated rings. The van der Waals surface area contributed by atoms with Crippen molar-refractivity contribution >= 4 is 23.0 Å². The van der Waals surface area contributed by atoms with Crippen molar-refractivity contribution < 1.29 is 14.8 Å². The normalized spacial score (nSPS) is 10.4. The van der Waals surface area contributed by atoms with Gasteiger partial charge < -0.3 is 20.1 Å². The molecule has 0 spiro atoms. The predicted octanol–water partition coefficient (Wildman–Crippen LogP) is 2.35. The highest BCUT2D eigenvalue weighted by Gasteiger charge is 2.26. The smallest absolute Gasteiger partial charge is 0.353 e. The van der Waals surface area contributed by atoms with E-state index in [9.17, 15) is 10.1 Å². The summed E-state index contributed by atoms with van der Waals surface area (Å²) in [6, 6.07) is 7.04. The fraction of sp³-hybridized carbons (Fsp3) is 0.375. The molecule has 0 aliphatic heterocycles. The second-order valence-electron chi connectivity index (χ2n) is 5.04. The van der Waals surface area contributed by atoms with Crippen molar-refractivity contribution in [1.29, 1.82) is 0 Å². The van der Waals surface area contributed by atoms with Gasteiger partial charge in [0.1, 0.15) is 12.1 Å². The lowest BCUT2D eigenvalue weighted by Crippen LogP contribution is -2.28. The second kappa shape index (κ2) is 8.78. The first-order valence-corrected chi connectivity index (χ1v) is 7.95. The lowest BCUT2D eigenvalue weighted by Gasteiger charge is -2.20. The van der Waals surface area contributed by atoms with Crippen LogP contribution in [0.2, 0.25) is 0 Å². The molecule has 9 nitrogen and oxygen atoms in total. The number of nitrogens with zero attached hydrogens (tertiary/aromatic N) is 4. The molecule has 25 heavy (non-hydrogen) atoms. The zero-order valence-electron chi connectivity index (χ0n) is 14.2. The Morgan fingerprint density at radius 1 is 1.28 bits per heavy atom. The third-order valence-corrected chi connectivity index (χ3v) is 3.46. The SMILES string of the molecule is CCOc1ccc(Nc2ncnc(N(CC)CCO)c2[N+](=O)[O-])cc1. The Kier molecular flexibility index (Phi) is 6.47. The van der Waals surface area contributed by atoms with E-state index in [1.807, 2.05) is 13.8 Å². The molecule has 1 heterocycles. The lowest BCUT2D eigenvalue weighted by atomic mass is 10.3. The van der Waals surface area contributed by atoms with Crippen molar-refractivity contribution in [2.75, 3.05) is 36.5 Å². The second-order valence-corrected chi connectivity index (χ2v) is 5.04. The third kappa shape index (κ3) is 4.54. The van der Waals surface area contributed by atoms with Gasteiger partial charge in [-0.1, -0.05) is 0 Å². The van der Waals surface area contributed by atoms with E-state index >= 15 is 0 Å². The van der Waals surface area contributed by atoms with Crippen LogP contribution in [0.3, 0.4) is 0 Å². The number of likely N-dealkylation sites (N-methyl/N-ethyl adjacent to an activating group) is 1. The summed E-state index contributed by atoms with van der Waals surface area (Å²) in [5.74, 6) is 0.978. The van der Waals surface area contributed by atoms with Crippen molar-refractivity contribution in [3.63, 3.8) is 0 Å². The van der Waals surface area contributed by atoms with E-state index < -0.39 is 4.92 Å². The predicted molar refractivity (Wildman–Crippen MR) is 94.6 cm³/mol. The molecule has 0 aliphatic carbocycles. The van der Waals surface area contributed by atoms with Crippen molar-refractivity contribution in [2.24, 2.45) is 0 Å². The zero-order valence-corrected chi connectivity index (χ0v) is 14.2. The van der Waals surface area contributed by atoms with Crippen LogP contribution in [0.25, 0.3) is 0 Å². The molecular formula is C16H21N5O4. The summed E-state index contributed by atoms with van der Waals surface area (Å²) in [6.07, 6.45) is 1.26. The highest BCUT2D eigenvalue weighted by atomic mass is 16.6. The number of aromatic nitrogens is 2. The number of aliphatic hydroxyl groups excluding tert-OH is 1. The number of rotatable bonds is 9. The Hall–Kier alpha value is -2.94. The van der Waals surface area contributed by atoms with E-state index in [-0.39, 0.29) is 30.5 Å². The monoisotopic (exact) mass is 347 g/mol. The Morgan fingerprint density at radius 3 is 2.56 bits per heavy atom. The van der Waals surface area contributed by atoms with Gasteiger partial charge in [-0.15, -0.1) is 0 Å². The molecule has 0 saturated carbocycles. The Balaban J connectivity index is 2.35. The van der Waals surface area contributed by atoms with E-state index in [0.717, 1.165) is 0 Å². The van der Waals surface area contributed by atoms with E-state index in [1.54, 1.807) is 29.2 Å². The standard InChI is InChI=1S/C16H21N5O4/c1-3-20(9-10-22)16-14(21(23)24)15(17-11-18-16)19-12-5-7-13(8-6-12)25-4-2/h5-8,11,22H,3-4,9-10H2,1-2H3,(H,17,18,19). The topological polar surface area (TPSA) is 114 Å². The van der Waals surface area contributed by atoms with E-state index in [4.69, 9.17) is 9.84 Å². The van der Waals surface area contributed by atoms with Gasteiger partial charge in [0.2, 0.25) is 11.6 Å². The first-order valence-electron chi connectivity index (χ1n) is 7.95. The van der Waals surface area contributed by atoms with Gasteiger partial charge in [0.25, 0.3) is 0 Å². The average molecular weight is 347 g/mol. The number of ether oxygens (including phenoxy) is 1. The molecule has 9 heteroatoms. The molecule has 1 aromatic heterocycles. The first-order chi connectivity index (χ1) is 12.1. The van der Waals surface area contributed by atoms with Crippen molar-refractivity contribution in [3.05, 3.63) is 40.7 Å². The molecule has 134 valence electrons. The number of nitrogens with one attached hydrogen (secondary N) is 1. The maximum absolute atomic E-state index is 11.6. The fourth-order valence-corrected chi connectivity index (χ4v) is 2.33. The lowest BCUT2D eigenvalue weighted by molar-refractivity contribution is -0.383. The van der Waals surface area contributed by atoms with Crippen molar-refractivity contribution in [1.82, 2.24) is 9.97 Å². The molecule has 0 amide bonds. The van der Waals surface area contributed by atoms with Gasteiger partial charge >= 0.3 is 5.69 Å². The quantitative estimate of drug-likeness (QED) is 0.525. The first kappa shape index (κ1) is 18.4. The van der Waals surface area contributed by atoms with Crippen LogP contribution < -0.4 is 15.0 Å². The Bertz CT molecular complexity index is 708. The molecule has 2 aromatic rings. The number of anilines is 3. The summed E-state index contributed by atoms with van der Waals surface area (Å²) in [4.78, 5) is 20.7.